The van der Waals surface area contributed by atoms with E-state index >= 15 is 0 Å². The molecule has 0 aromatic heterocycles. The summed E-state index contributed by atoms with van der Waals surface area (Å²) < 4.78 is 5.26. The van der Waals surface area contributed by atoms with Gasteiger partial charge in [-0.25, -0.2) is 0 Å². The van der Waals surface area contributed by atoms with Crippen LogP contribution in [0.3, 0.4) is 0 Å². The highest BCUT2D eigenvalue weighted by molar-refractivity contribution is 7.98. The van der Waals surface area contributed by atoms with Crippen molar-refractivity contribution in [2.24, 2.45) is 5.73 Å². The zero-order chi connectivity index (χ0) is 11.1. The first-order valence-electron chi connectivity index (χ1n) is 4.81. The first kappa shape index (κ1) is 11.1. The third kappa shape index (κ3) is 1.96. The van der Waals surface area contributed by atoms with E-state index < -0.39 is 0 Å². The second-order valence-corrected chi connectivity index (χ2v) is 5.10. The van der Waals surface area contributed by atoms with Crippen LogP contribution < -0.4 is 10.5 Å². The van der Waals surface area contributed by atoms with Crippen molar-refractivity contribution in [2.75, 3.05) is 13.4 Å². The molecule has 82 valence electrons. The van der Waals surface area contributed by atoms with Crippen molar-refractivity contribution in [3.8, 4) is 5.75 Å². The van der Waals surface area contributed by atoms with Crippen molar-refractivity contribution in [3.63, 3.8) is 0 Å². The number of rotatable bonds is 3. The molecule has 0 bridgehead atoms. The smallest absolute Gasteiger partial charge is 0.150 e. The molecule has 1 aromatic carbocycles. The molecule has 15 heavy (non-hydrogen) atoms. The minimum absolute atomic E-state index is 0.139. The van der Waals surface area contributed by atoms with E-state index in [1.807, 2.05) is 12.3 Å². The van der Waals surface area contributed by atoms with Crippen molar-refractivity contribution >= 4 is 23.4 Å². The van der Waals surface area contributed by atoms with Crippen LogP contribution in [0, 0.1) is 0 Å². The molecule has 1 aliphatic carbocycles. The van der Waals surface area contributed by atoms with Gasteiger partial charge in [0.2, 0.25) is 0 Å². The van der Waals surface area contributed by atoms with E-state index in [4.69, 9.17) is 22.1 Å². The maximum absolute atomic E-state index is 6.15. The van der Waals surface area contributed by atoms with Gasteiger partial charge in [-0.2, -0.15) is 0 Å². The SMILES string of the molecule is COc1c(Cl)cc(C2(N)CC2)cc1SC. The molecule has 0 unspecified atom stereocenters. The van der Waals surface area contributed by atoms with Gasteiger partial charge in [0.05, 0.1) is 17.0 Å². The molecular formula is C11H14ClNOS. The summed E-state index contributed by atoms with van der Waals surface area (Å²) in [5.74, 6) is 0.747. The Kier molecular flexibility index (Phi) is 2.88. The highest BCUT2D eigenvalue weighted by Gasteiger charge is 2.40. The van der Waals surface area contributed by atoms with Gasteiger partial charge in [-0.05, 0) is 36.8 Å². The third-order valence-electron chi connectivity index (χ3n) is 2.80. The Hall–Kier alpha value is -0.380. The number of nitrogens with two attached hydrogens (primary N) is 1. The second-order valence-electron chi connectivity index (χ2n) is 3.85. The summed E-state index contributed by atoms with van der Waals surface area (Å²) in [6.45, 7) is 0. The fourth-order valence-electron chi connectivity index (χ4n) is 1.63. The Labute approximate surface area is 99.1 Å². The monoisotopic (exact) mass is 243 g/mol. The number of halogens is 1. The van der Waals surface area contributed by atoms with Gasteiger partial charge in [0.15, 0.2) is 5.75 Å². The van der Waals surface area contributed by atoms with Crippen LogP contribution in [0.2, 0.25) is 5.02 Å². The molecule has 0 radical (unpaired) electrons. The van der Waals surface area contributed by atoms with Gasteiger partial charge in [-0.1, -0.05) is 11.6 Å². The zero-order valence-electron chi connectivity index (χ0n) is 8.84. The van der Waals surface area contributed by atoms with Crippen LogP contribution in [0.25, 0.3) is 0 Å². The van der Waals surface area contributed by atoms with E-state index in [1.54, 1.807) is 18.9 Å². The first-order valence-corrected chi connectivity index (χ1v) is 6.42. The average Bonchev–Trinajstić information content (AvgIpc) is 2.96. The third-order valence-corrected chi connectivity index (χ3v) is 3.82. The van der Waals surface area contributed by atoms with Gasteiger partial charge in [0.1, 0.15) is 0 Å². The fourth-order valence-corrected chi connectivity index (χ4v) is 2.60. The summed E-state index contributed by atoms with van der Waals surface area (Å²) in [5.41, 5.74) is 7.13. The number of thioether (sulfide) groups is 1. The minimum atomic E-state index is -0.139. The molecule has 2 N–H and O–H groups in total. The van der Waals surface area contributed by atoms with Crippen LogP contribution >= 0.6 is 23.4 Å². The van der Waals surface area contributed by atoms with Gasteiger partial charge in [0, 0.05) is 5.54 Å². The molecule has 2 nitrogen and oxygen atoms in total. The summed E-state index contributed by atoms with van der Waals surface area (Å²) in [7, 11) is 1.63. The van der Waals surface area contributed by atoms with E-state index in [-0.39, 0.29) is 5.54 Å². The summed E-state index contributed by atoms with van der Waals surface area (Å²) >= 11 is 7.78. The van der Waals surface area contributed by atoms with Crippen LogP contribution in [-0.4, -0.2) is 13.4 Å². The molecule has 4 heteroatoms. The Balaban J connectivity index is 2.48. The lowest BCUT2D eigenvalue weighted by atomic mass is 10.1. The number of hydrogen-bond acceptors (Lipinski definition) is 3. The van der Waals surface area contributed by atoms with Gasteiger partial charge in [0.25, 0.3) is 0 Å². The average molecular weight is 244 g/mol. The van der Waals surface area contributed by atoms with Gasteiger partial charge >= 0.3 is 0 Å². The maximum atomic E-state index is 6.15. The molecule has 0 heterocycles. The quantitative estimate of drug-likeness (QED) is 0.829. The van der Waals surface area contributed by atoms with Crippen LogP contribution in [0.1, 0.15) is 18.4 Å². The molecular weight excluding hydrogens is 230 g/mol. The van der Waals surface area contributed by atoms with Crippen molar-refractivity contribution in [2.45, 2.75) is 23.3 Å². The van der Waals surface area contributed by atoms with Crippen LogP contribution in [0.4, 0.5) is 0 Å². The topological polar surface area (TPSA) is 35.2 Å². The van der Waals surface area contributed by atoms with Crippen molar-refractivity contribution in [1.82, 2.24) is 0 Å². The van der Waals surface area contributed by atoms with E-state index in [0.29, 0.717) is 5.02 Å². The van der Waals surface area contributed by atoms with E-state index in [0.717, 1.165) is 29.1 Å². The summed E-state index contributed by atoms with van der Waals surface area (Å²) in [6, 6.07) is 4.01. The molecule has 2 rings (SSSR count). The number of methoxy groups -OCH3 is 1. The molecule has 1 saturated carbocycles. The molecule has 0 saturated heterocycles. The Bertz CT molecular complexity index is 390. The molecule has 1 fully saturated rings. The lowest BCUT2D eigenvalue weighted by Gasteiger charge is -2.14. The summed E-state index contributed by atoms with van der Waals surface area (Å²) in [6.07, 6.45) is 4.10. The van der Waals surface area contributed by atoms with E-state index in [1.165, 1.54) is 0 Å². The largest absolute Gasteiger partial charge is 0.494 e. The second kappa shape index (κ2) is 3.89. The summed E-state index contributed by atoms with van der Waals surface area (Å²) in [5, 5.41) is 0.649. The lowest BCUT2D eigenvalue weighted by Crippen LogP contribution is -2.18. The molecule has 0 aliphatic heterocycles. The highest BCUT2D eigenvalue weighted by Crippen LogP contribution is 2.46. The maximum Gasteiger partial charge on any atom is 0.150 e. The molecule has 1 aromatic rings. The normalized spacial score (nSPS) is 17.6. The zero-order valence-corrected chi connectivity index (χ0v) is 10.4. The van der Waals surface area contributed by atoms with Gasteiger partial charge in [-0.3, -0.25) is 0 Å². The number of hydrogen-bond donors (Lipinski definition) is 1. The molecule has 0 spiro atoms. The van der Waals surface area contributed by atoms with Crippen LogP contribution in [0.5, 0.6) is 5.75 Å². The molecule has 0 atom stereocenters. The van der Waals surface area contributed by atoms with Crippen molar-refractivity contribution < 1.29 is 4.74 Å². The fraction of sp³-hybridized carbons (Fsp3) is 0.455. The Morgan fingerprint density at radius 3 is 2.60 bits per heavy atom. The van der Waals surface area contributed by atoms with Crippen molar-refractivity contribution in [1.29, 1.82) is 0 Å². The predicted molar refractivity (Wildman–Crippen MR) is 64.9 cm³/mol. The van der Waals surface area contributed by atoms with Gasteiger partial charge in [-0.15, -0.1) is 11.8 Å². The van der Waals surface area contributed by atoms with Crippen molar-refractivity contribution in [3.05, 3.63) is 22.7 Å². The van der Waals surface area contributed by atoms with E-state index in [9.17, 15) is 0 Å². The minimum Gasteiger partial charge on any atom is -0.494 e. The Morgan fingerprint density at radius 1 is 1.47 bits per heavy atom. The van der Waals surface area contributed by atoms with E-state index in [2.05, 4.69) is 6.07 Å². The first-order chi connectivity index (χ1) is 7.10. The number of benzene rings is 1. The standard InChI is InChI=1S/C11H14ClNOS/c1-14-10-8(12)5-7(6-9(10)15-2)11(13)3-4-11/h5-6H,3-4,13H2,1-2H3. The van der Waals surface area contributed by atoms with Crippen LogP contribution in [0.15, 0.2) is 17.0 Å². The van der Waals surface area contributed by atoms with Crippen LogP contribution in [-0.2, 0) is 5.54 Å². The number of ether oxygens (including phenoxy) is 1. The molecule has 0 amide bonds. The molecule has 1 aliphatic rings. The Morgan fingerprint density at radius 2 is 2.13 bits per heavy atom. The summed E-state index contributed by atoms with van der Waals surface area (Å²) in [4.78, 5) is 1.05. The highest BCUT2D eigenvalue weighted by atomic mass is 35.5. The van der Waals surface area contributed by atoms with Gasteiger partial charge < -0.3 is 10.5 Å². The lowest BCUT2D eigenvalue weighted by molar-refractivity contribution is 0.404. The predicted octanol–water partition coefficient (Wildman–Crippen LogP) is 3.02.